The van der Waals surface area contributed by atoms with Crippen LogP contribution in [0.25, 0.3) is 11.5 Å². The van der Waals surface area contributed by atoms with Crippen molar-refractivity contribution in [2.24, 2.45) is 5.10 Å². The molecule has 23 heavy (non-hydrogen) atoms. The summed E-state index contributed by atoms with van der Waals surface area (Å²) in [5.74, 6) is -0.187. The van der Waals surface area contributed by atoms with Gasteiger partial charge in [0.1, 0.15) is 10.6 Å². The van der Waals surface area contributed by atoms with Crippen LogP contribution in [-0.4, -0.2) is 34.1 Å². The van der Waals surface area contributed by atoms with E-state index in [-0.39, 0.29) is 5.76 Å². The fraction of sp³-hybridized carbons (Fsp3) is 0.154. The summed E-state index contributed by atoms with van der Waals surface area (Å²) in [6.07, 6.45) is 3.87. The molecule has 2 rings (SSSR count). The summed E-state index contributed by atoms with van der Waals surface area (Å²) >= 11 is 0. The number of furan rings is 1. The molecule has 0 aliphatic carbocycles. The molecule has 2 aromatic rings. The van der Waals surface area contributed by atoms with Crippen LogP contribution in [0.1, 0.15) is 5.56 Å². The van der Waals surface area contributed by atoms with Crippen molar-refractivity contribution in [1.29, 1.82) is 0 Å². The summed E-state index contributed by atoms with van der Waals surface area (Å²) in [6.45, 7) is 4.04. The zero-order valence-electron chi connectivity index (χ0n) is 12.1. The molecule has 0 unspecified atom stereocenters. The van der Waals surface area contributed by atoms with Crippen LogP contribution < -0.4 is 5.43 Å². The van der Waals surface area contributed by atoms with Gasteiger partial charge in [-0.2, -0.15) is 10.2 Å². The van der Waals surface area contributed by atoms with E-state index in [4.69, 9.17) is 4.42 Å². The van der Waals surface area contributed by atoms with E-state index in [1.165, 1.54) is 25.5 Å². The van der Waals surface area contributed by atoms with E-state index in [1.807, 2.05) is 0 Å². The highest BCUT2D eigenvalue weighted by molar-refractivity contribution is 5.88. The Labute approximate surface area is 130 Å². The first kappa shape index (κ1) is 15.9. The monoisotopic (exact) mass is 319 g/mol. The summed E-state index contributed by atoms with van der Waals surface area (Å²) < 4.78 is 11.1. The van der Waals surface area contributed by atoms with Gasteiger partial charge < -0.3 is 9.15 Å². The lowest BCUT2D eigenvalue weighted by Crippen LogP contribution is -2.16. The highest BCUT2D eigenvalue weighted by atomic mass is 16.6. The van der Waals surface area contributed by atoms with Gasteiger partial charge in [0.2, 0.25) is 0 Å². The number of carbonyl (C=O) groups is 1. The normalized spacial score (nSPS) is 10.7. The van der Waals surface area contributed by atoms with E-state index in [9.17, 15) is 14.9 Å². The van der Waals surface area contributed by atoms with Crippen LogP contribution in [0, 0.1) is 10.1 Å². The molecule has 0 spiro atoms. The molecule has 0 atom stereocenters. The van der Waals surface area contributed by atoms with Gasteiger partial charge in [-0.15, -0.1) is 6.58 Å². The Hall–Kier alpha value is -3.43. The summed E-state index contributed by atoms with van der Waals surface area (Å²) in [4.78, 5) is 21.0. The fourth-order valence-corrected chi connectivity index (χ4v) is 1.70. The predicted molar refractivity (Wildman–Crippen MR) is 79.9 cm³/mol. The number of amides is 1. The highest BCUT2D eigenvalue weighted by Gasteiger charge is 2.18. The van der Waals surface area contributed by atoms with Crippen LogP contribution in [0.15, 0.2) is 40.5 Å². The third kappa shape index (κ3) is 3.81. The molecule has 0 saturated heterocycles. The number of allylic oxidation sites excluding steroid dienone is 1. The third-order valence-corrected chi connectivity index (χ3v) is 2.66. The SMILES string of the molecule is C=CCn1cc(C=NNC(=O)OC)c(-c2ccc([N+](=O)[O-])o2)n1. The second kappa shape index (κ2) is 7.02. The summed E-state index contributed by atoms with van der Waals surface area (Å²) in [5, 5.41) is 18.7. The Bertz CT molecular complexity index is 761. The number of methoxy groups -OCH3 is 1. The standard InChI is InChI=1S/C13H13N5O5/c1-3-6-17-8-9(7-14-15-13(19)22-2)12(16-17)10-4-5-11(23-10)18(20)21/h3-5,7-8H,1,6H2,2H3,(H,15,19). The number of carbonyl (C=O) groups excluding carboxylic acids is 1. The topological polar surface area (TPSA) is 125 Å². The largest absolute Gasteiger partial charge is 0.452 e. The minimum Gasteiger partial charge on any atom is -0.452 e. The van der Waals surface area contributed by atoms with Crippen molar-refractivity contribution in [2.45, 2.75) is 6.54 Å². The lowest BCUT2D eigenvalue weighted by atomic mass is 10.2. The number of rotatable bonds is 6. The van der Waals surface area contributed by atoms with Crippen molar-refractivity contribution < 1.29 is 18.9 Å². The van der Waals surface area contributed by atoms with E-state index < -0.39 is 16.9 Å². The Morgan fingerprint density at radius 3 is 3.04 bits per heavy atom. The minimum absolute atomic E-state index is 0.207. The van der Waals surface area contributed by atoms with Gasteiger partial charge >= 0.3 is 12.0 Å². The van der Waals surface area contributed by atoms with Gasteiger partial charge in [0, 0.05) is 11.8 Å². The first-order valence-electron chi connectivity index (χ1n) is 6.35. The Kier molecular flexibility index (Phi) is 4.87. The Balaban J connectivity index is 2.33. The molecule has 120 valence electrons. The first-order valence-corrected chi connectivity index (χ1v) is 6.35. The van der Waals surface area contributed by atoms with Gasteiger partial charge in [0.25, 0.3) is 0 Å². The number of hydrogen-bond acceptors (Lipinski definition) is 7. The van der Waals surface area contributed by atoms with Gasteiger partial charge in [0.15, 0.2) is 5.76 Å². The van der Waals surface area contributed by atoms with E-state index in [0.29, 0.717) is 17.8 Å². The van der Waals surface area contributed by atoms with Crippen LogP contribution in [0.3, 0.4) is 0 Å². The molecule has 10 nitrogen and oxygen atoms in total. The molecule has 0 aliphatic rings. The average molecular weight is 319 g/mol. The molecule has 2 heterocycles. The van der Waals surface area contributed by atoms with Gasteiger partial charge in [-0.25, -0.2) is 10.2 Å². The van der Waals surface area contributed by atoms with Crippen LogP contribution in [-0.2, 0) is 11.3 Å². The lowest BCUT2D eigenvalue weighted by molar-refractivity contribution is -0.401. The number of hydrazone groups is 1. The number of nitro groups is 1. The van der Waals surface area contributed by atoms with Crippen molar-refractivity contribution in [1.82, 2.24) is 15.2 Å². The molecule has 0 bridgehead atoms. The molecule has 2 aromatic heterocycles. The molecule has 0 radical (unpaired) electrons. The van der Waals surface area contributed by atoms with Crippen molar-refractivity contribution in [3.8, 4) is 11.5 Å². The fourth-order valence-electron chi connectivity index (χ4n) is 1.70. The molecule has 0 saturated carbocycles. The molecular weight excluding hydrogens is 306 g/mol. The van der Waals surface area contributed by atoms with Crippen LogP contribution in [0.4, 0.5) is 10.7 Å². The van der Waals surface area contributed by atoms with Crippen molar-refractivity contribution >= 4 is 18.2 Å². The molecule has 0 fully saturated rings. The number of nitrogens with one attached hydrogen (secondary N) is 1. The third-order valence-electron chi connectivity index (χ3n) is 2.66. The van der Waals surface area contributed by atoms with Crippen molar-refractivity contribution in [2.75, 3.05) is 7.11 Å². The van der Waals surface area contributed by atoms with Gasteiger partial charge in [-0.3, -0.25) is 14.8 Å². The first-order chi connectivity index (χ1) is 11.0. The molecule has 1 amide bonds. The van der Waals surface area contributed by atoms with E-state index in [2.05, 4.69) is 26.9 Å². The second-order valence-corrected chi connectivity index (χ2v) is 4.20. The number of ether oxygens (including phenoxy) is 1. The maximum absolute atomic E-state index is 11.0. The maximum atomic E-state index is 11.0. The summed E-state index contributed by atoms with van der Waals surface area (Å²) in [5.41, 5.74) is 2.97. The summed E-state index contributed by atoms with van der Waals surface area (Å²) in [6, 6.07) is 2.67. The van der Waals surface area contributed by atoms with Crippen LogP contribution in [0.2, 0.25) is 0 Å². The van der Waals surface area contributed by atoms with Gasteiger partial charge in [0.05, 0.1) is 25.9 Å². The Morgan fingerprint density at radius 1 is 1.65 bits per heavy atom. The molecule has 0 aromatic carbocycles. The maximum Gasteiger partial charge on any atom is 0.433 e. The smallest absolute Gasteiger partial charge is 0.433 e. The van der Waals surface area contributed by atoms with Gasteiger partial charge in [-0.05, 0) is 6.07 Å². The Morgan fingerprint density at radius 2 is 2.43 bits per heavy atom. The van der Waals surface area contributed by atoms with Crippen LogP contribution in [0.5, 0.6) is 0 Å². The van der Waals surface area contributed by atoms with Crippen molar-refractivity contribution in [3.63, 3.8) is 0 Å². The molecule has 10 heteroatoms. The number of nitrogens with zero attached hydrogens (tertiary/aromatic N) is 4. The number of aromatic nitrogens is 2. The van der Waals surface area contributed by atoms with E-state index in [0.717, 1.165) is 0 Å². The highest BCUT2D eigenvalue weighted by Crippen LogP contribution is 2.26. The second-order valence-electron chi connectivity index (χ2n) is 4.20. The lowest BCUT2D eigenvalue weighted by Gasteiger charge is -1.95. The van der Waals surface area contributed by atoms with Gasteiger partial charge in [-0.1, -0.05) is 6.08 Å². The average Bonchev–Trinajstić information content (AvgIpc) is 3.14. The molecule has 0 aliphatic heterocycles. The summed E-state index contributed by atoms with van der Waals surface area (Å²) in [7, 11) is 1.21. The number of hydrogen-bond donors (Lipinski definition) is 1. The zero-order chi connectivity index (χ0) is 16.8. The van der Waals surface area contributed by atoms with E-state index in [1.54, 1.807) is 17.0 Å². The zero-order valence-corrected chi connectivity index (χ0v) is 12.1. The minimum atomic E-state index is -0.727. The molecule has 1 N–H and O–H groups in total. The quantitative estimate of drug-likeness (QED) is 0.375. The predicted octanol–water partition coefficient (Wildman–Crippen LogP) is 1.93. The van der Waals surface area contributed by atoms with Crippen molar-refractivity contribution in [3.05, 3.63) is 46.7 Å². The van der Waals surface area contributed by atoms with Crippen LogP contribution >= 0.6 is 0 Å². The molecular formula is C13H13N5O5. The van der Waals surface area contributed by atoms with E-state index >= 15 is 0 Å².